The van der Waals surface area contributed by atoms with Gasteiger partial charge in [0.05, 0.1) is 12.6 Å². The largest absolute Gasteiger partial charge is 0.346 e. The van der Waals surface area contributed by atoms with Crippen LogP contribution >= 0.6 is 12.4 Å². The minimum absolute atomic E-state index is 0. The monoisotopic (exact) mass is 319 g/mol. The van der Waals surface area contributed by atoms with E-state index >= 15 is 0 Å². The van der Waals surface area contributed by atoms with Crippen LogP contribution < -0.4 is 11.1 Å². The van der Waals surface area contributed by atoms with E-state index in [0.29, 0.717) is 12.0 Å². The summed E-state index contributed by atoms with van der Waals surface area (Å²) in [6, 6.07) is -0.253. The molecule has 6 heteroatoms. The van der Waals surface area contributed by atoms with E-state index in [2.05, 4.69) is 19.2 Å². The third kappa shape index (κ3) is 5.83. The summed E-state index contributed by atoms with van der Waals surface area (Å²) in [4.78, 5) is 26.0. The lowest BCUT2D eigenvalue weighted by atomic mass is 9.92. The van der Waals surface area contributed by atoms with Gasteiger partial charge in [-0.25, -0.2) is 0 Å². The number of carbonyl (C=O) groups is 2. The van der Waals surface area contributed by atoms with Crippen LogP contribution in [0, 0.1) is 11.8 Å². The fourth-order valence-corrected chi connectivity index (χ4v) is 2.65. The number of hydrogen-bond donors (Lipinski definition) is 2. The lowest BCUT2D eigenvalue weighted by Crippen LogP contribution is -2.52. The van der Waals surface area contributed by atoms with E-state index < -0.39 is 6.04 Å². The van der Waals surface area contributed by atoms with E-state index in [-0.39, 0.29) is 36.7 Å². The number of likely N-dealkylation sites (tertiary alicyclic amines) is 1. The highest BCUT2D eigenvalue weighted by Gasteiger charge is 2.29. The molecule has 0 bridgehead atoms. The fraction of sp³-hybridized carbons (Fsp3) is 0.867. The van der Waals surface area contributed by atoms with Gasteiger partial charge in [0.2, 0.25) is 11.8 Å². The van der Waals surface area contributed by atoms with Crippen LogP contribution in [0.1, 0.15) is 47.0 Å². The summed E-state index contributed by atoms with van der Waals surface area (Å²) in [6.45, 7) is 8.93. The number of nitrogens with one attached hydrogen (secondary N) is 1. The normalized spacial score (nSPS) is 20.1. The van der Waals surface area contributed by atoms with Gasteiger partial charge in [-0.1, -0.05) is 27.7 Å². The Labute approximate surface area is 134 Å². The molecule has 0 aromatic rings. The van der Waals surface area contributed by atoms with Crippen LogP contribution in [0.25, 0.3) is 0 Å². The van der Waals surface area contributed by atoms with Gasteiger partial charge in [-0.3, -0.25) is 9.59 Å². The molecule has 1 aliphatic heterocycles. The second-order valence-corrected chi connectivity index (χ2v) is 6.38. The van der Waals surface area contributed by atoms with Crippen LogP contribution in [0.2, 0.25) is 0 Å². The predicted octanol–water partition coefficient (Wildman–Crippen LogP) is 1.54. The van der Waals surface area contributed by atoms with Gasteiger partial charge in [-0.05, 0) is 31.1 Å². The Hall–Kier alpha value is -0.810. The fourth-order valence-electron chi connectivity index (χ4n) is 2.65. The minimum Gasteiger partial charge on any atom is -0.346 e. The number of hydrogen-bond acceptors (Lipinski definition) is 3. The van der Waals surface area contributed by atoms with Crippen molar-refractivity contribution in [3.8, 4) is 0 Å². The third-order valence-electron chi connectivity index (χ3n) is 4.07. The molecule has 5 nitrogen and oxygen atoms in total. The maximum absolute atomic E-state index is 12.3. The zero-order valence-electron chi connectivity index (χ0n) is 13.6. The topological polar surface area (TPSA) is 75.4 Å². The molecular weight excluding hydrogens is 290 g/mol. The van der Waals surface area contributed by atoms with Gasteiger partial charge in [0.1, 0.15) is 0 Å². The van der Waals surface area contributed by atoms with Crippen LogP contribution in [-0.4, -0.2) is 41.9 Å². The van der Waals surface area contributed by atoms with Crippen molar-refractivity contribution in [2.45, 2.75) is 59.0 Å². The summed E-state index contributed by atoms with van der Waals surface area (Å²) in [6.07, 6.45) is 3.29. The predicted molar refractivity (Wildman–Crippen MR) is 87.3 cm³/mol. The van der Waals surface area contributed by atoms with Crippen LogP contribution in [-0.2, 0) is 9.59 Å². The van der Waals surface area contributed by atoms with Gasteiger partial charge in [-0.15, -0.1) is 12.4 Å². The van der Waals surface area contributed by atoms with Gasteiger partial charge < -0.3 is 16.0 Å². The molecule has 21 heavy (non-hydrogen) atoms. The van der Waals surface area contributed by atoms with Crippen molar-refractivity contribution < 1.29 is 9.59 Å². The molecule has 0 radical (unpaired) electrons. The Bertz CT molecular complexity index is 348. The number of halogens is 1. The maximum Gasteiger partial charge on any atom is 0.242 e. The summed E-state index contributed by atoms with van der Waals surface area (Å²) in [5.74, 6) is 0.288. The summed E-state index contributed by atoms with van der Waals surface area (Å²) in [7, 11) is 0. The molecule has 0 spiro atoms. The van der Waals surface area contributed by atoms with Gasteiger partial charge in [0, 0.05) is 12.6 Å². The smallest absolute Gasteiger partial charge is 0.242 e. The highest BCUT2D eigenvalue weighted by atomic mass is 35.5. The molecule has 1 saturated heterocycles. The Balaban J connectivity index is 0.00000400. The van der Waals surface area contributed by atoms with Crippen molar-refractivity contribution in [1.29, 1.82) is 0 Å². The molecule has 0 aromatic heterocycles. The first-order valence-corrected chi connectivity index (χ1v) is 7.67. The van der Waals surface area contributed by atoms with Crippen LogP contribution in [0.4, 0.5) is 0 Å². The first-order valence-electron chi connectivity index (χ1n) is 7.67. The summed E-state index contributed by atoms with van der Waals surface area (Å²) >= 11 is 0. The van der Waals surface area contributed by atoms with E-state index in [1.807, 2.05) is 18.7 Å². The van der Waals surface area contributed by atoms with Crippen molar-refractivity contribution in [3.63, 3.8) is 0 Å². The number of nitrogens with two attached hydrogens (primary N) is 1. The highest BCUT2D eigenvalue weighted by molar-refractivity contribution is 5.87. The average molecular weight is 320 g/mol. The lowest BCUT2D eigenvalue weighted by Gasteiger charge is -2.38. The van der Waals surface area contributed by atoms with E-state index in [0.717, 1.165) is 19.4 Å². The molecule has 0 aliphatic carbocycles. The SMILES string of the molecule is CC(C)C1CCCCN1C(=O)CNC(=O)[C@@H](N)C(C)C.Cl. The first-order chi connectivity index (χ1) is 9.34. The number of amides is 2. The van der Waals surface area contributed by atoms with E-state index in [1.54, 1.807) is 0 Å². The molecule has 1 aliphatic rings. The zero-order valence-corrected chi connectivity index (χ0v) is 14.4. The van der Waals surface area contributed by atoms with Crippen LogP contribution in [0.5, 0.6) is 0 Å². The molecule has 1 heterocycles. The van der Waals surface area contributed by atoms with E-state index in [1.165, 1.54) is 6.42 Å². The quantitative estimate of drug-likeness (QED) is 0.807. The summed E-state index contributed by atoms with van der Waals surface area (Å²) in [5.41, 5.74) is 5.76. The van der Waals surface area contributed by atoms with Crippen molar-refractivity contribution in [3.05, 3.63) is 0 Å². The molecule has 0 saturated carbocycles. The van der Waals surface area contributed by atoms with Crippen LogP contribution in [0.15, 0.2) is 0 Å². The molecule has 124 valence electrons. The average Bonchev–Trinajstić information content (AvgIpc) is 2.43. The Morgan fingerprint density at radius 2 is 1.86 bits per heavy atom. The lowest BCUT2D eigenvalue weighted by molar-refractivity contribution is -0.137. The maximum atomic E-state index is 12.3. The summed E-state index contributed by atoms with van der Waals surface area (Å²) < 4.78 is 0. The molecule has 1 fully saturated rings. The standard InChI is InChI=1S/C15H29N3O2.ClH/c1-10(2)12-7-5-6-8-18(12)13(19)9-17-15(20)14(16)11(3)4;/h10-12,14H,5-9,16H2,1-4H3,(H,17,20);1H/t12?,14-;/m0./s1. The molecule has 1 rings (SSSR count). The van der Waals surface area contributed by atoms with E-state index in [9.17, 15) is 9.59 Å². The van der Waals surface area contributed by atoms with Gasteiger partial charge >= 0.3 is 0 Å². The number of carbonyl (C=O) groups excluding carboxylic acids is 2. The van der Waals surface area contributed by atoms with Gasteiger partial charge in [-0.2, -0.15) is 0 Å². The number of rotatable bonds is 5. The Morgan fingerprint density at radius 1 is 1.24 bits per heavy atom. The molecule has 3 N–H and O–H groups in total. The second kappa shape index (κ2) is 9.26. The number of piperidine rings is 1. The zero-order chi connectivity index (χ0) is 15.3. The number of nitrogens with zero attached hydrogens (tertiary/aromatic N) is 1. The third-order valence-corrected chi connectivity index (χ3v) is 4.07. The molecular formula is C15H30ClN3O2. The van der Waals surface area contributed by atoms with Gasteiger partial charge in [0.25, 0.3) is 0 Å². The van der Waals surface area contributed by atoms with Crippen molar-refractivity contribution in [2.24, 2.45) is 17.6 Å². The van der Waals surface area contributed by atoms with Crippen molar-refractivity contribution >= 4 is 24.2 Å². The minimum atomic E-state index is -0.551. The Morgan fingerprint density at radius 3 is 2.38 bits per heavy atom. The van der Waals surface area contributed by atoms with Crippen molar-refractivity contribution in [1.82, 2.24) is 10.2 Å². The second-order valence-electron chi connectivity index (χ2n) is 6.38. The van der Waals surface area contributed by atoms with Gasteiger partial charge in [0.15, 0.2) is 0 Å². The Kier molecular flexibility index (Phi) is 8.90. The van der Waals surface area contributed by atoms with E-state index in [4.69, 9.17) is 5.73 Å². The highest BCUT2D eigenvalue weighted by Crippen LogP contribution is 2.22. The first kappa shape index (κ1) is 20.2. The molecule has 2 amide bonds. The van der Waals surface area contributed by atoms with Crippen molar-refractivity contribution in [2.75, 3.05) is 13.1 Å². The molecule has 0 aromatic carbocycles. The molecule has 2 atom stereocenters. The summed E-state index contributed by atoms with van der Waals surface area (Å²) in [5, 5.41) is 2.67. The molecule has 1 unspecified atom stereocenters. The van der Waals surface area contributed by atoms with Crippen LogP contribution in [0.3, 0.4) is 0 Å².